The second kappa shape index (κ2) is 2.49. The third-order valence-corrected chi connectivity index (χ3v) is 3.92. The van der Waals surface area contributed by atoms with Gasteiger partial charge < -0.3 is 0 Å². The molecule has 0 saturated heterocycles. The average molecular weight is 264 g/mol. The van der Waals surface area contributed by atoms with Crippen molar-refractivity contribution in [3.63, 3.8) is 0 Å². The second-order valence-corrected chi connectivity index (χ2v) is 4.72. The van der Waals surface area contributed by atoms with Crippen molar-refractivity contribution in [3.8, 4) is 0 Å². The van der Waals surface area contributed by atoms with Gasteiger partial charge in [0.2, 0.25) is 0 Å². The molecule has 0 heterocycles. The molecule has 2 bridgehead atoms. The maximum Gasteiger partial charge on any atom is 0.00926 e. The van der Waals surface area contributed by atoms with Crippen LogP contribution in [0.25, 0.3) is 0 Å². The normalized spacial score (nSPS) is 37.4. The SMILES string of the molecule is BrC1=CC2CCC1C=C2Br. The van der Waals surface area contributed by atoms with Crippen LogP contribution in [0.3, 0.4) is 0 Å². The van der Waals surface area contributed by atoms with E-state index in [9.17, 15) is 0 Å². The molecule has 3 aliphatic rings. The Bertz CT molecular complexity index is 191. The lowest BCUT2D eigenvalue weighted by molar-refractivity contribution is 0.520. The Labute approximate surface area is 77.6 Å². The highest BCUT2D eigenvalue weighted by Gasteiger charge is 2.27. The monoisotopic (exact) mass is 262 g/mol. The number of hydrogen-bond acceptors (Lipinski definition) is 0. The molecule has 0 radical (unpaired) electrons. The lowest BCUT2D eigenvalue weighted by Gasteiger charge is -2.30. The third-order valence-electron chi connectivity index (χ3n) is 2.22. The summed E-state index contributed by atoms with van der Waals surface area (Å²) in [5.74, 6) is 1.33. The molecule has 0 saturated carbocycles. The quantitative estimate of drug-likeness (QED) is 0.627. The van der Waals surface area contributed by atoms with Gasteiger partial charge in [0.15, 0.2) is 0 Å². The third kappa shape index (κ3) is 1.02. The van der Waals surface area contributed by atoms with Crippen LogP contribution in [0.4, 0.5) is 0 Å². The fourth-order valence-corrected chi connectivity index (χ4v) is 2.95. The zero-order valence-electron chi connectivity index (χ0n) is 5.48. The first kappa shape index (κ1) is 7.11. The summed E-state index contributed by atoms with van der Waals surface area (Å²) in [6.45, 7) is 0. The molecule has 0 aromatic rings. The van der Waals surface area contributed by atoms with Crippen LogP contribution in [0.2, 0.25) is 0 Å². The van der Waals surface area contributed by atoms with Gasteiger partial charge in [-0.1, -0.05) is 44.0 Å². The van der Waals surface area contributed by atoms with E-state index in [-0.39, 0.29) is 0 Å². The van der Waals surface area contributed by atoms with Crippen LogP contribution in [0.5, 0.6) is 0 Å². The number of allylic oxidation sites excluding steroid dienone is 4. The van der Waals surface area contributed by atoms with Crippen molar-refractivity contribution in [2.45, 2.75) is 12.8 Å². The van der Waals surface area contributed by atoms with Gasteiger partial charge in [-0.15, -0.1) is 0 Å². The molecule has 0 amide bonds. The van der Waals surface area contributed by atoms with Gasteiger partial charge in [-0.3, -0.25) is 0 Å². The van der Waals surface area contributed by atoms with Gasteiger partial charge >= 0.3 is 0 Å². The van der Waals surface area contributed by atoms with Crippen molar-refractivity contribution in [3.05, 3.63) is 21.1 Å². The minimum Gasteiger partial charge on any atom is -0.0657 e. The molecule has 2 heteroatoms. The predicted molar refractivity (Wildman–Crippen MR) is 50.2 cm³/mol. The van der Waals surface area contributed by atoms with E-state index in [1.807, 2.05) is 0 Å². The average Bonchev–Trinajstić information content (AvgIpc) is 1.91. The molecule has 2 atom stereocenters. The summed E-state index contributed by atoms with van der Waals surface area (Å²) in [6, 6.07) is 0. The zero-order chi connectivity index (χ0) is 7.14. The van der Waals surface area contributed by atoms with Gasteiger partial charge in [-0.05, 0) is 21.8 Å². The maximum atomic E-state index is 3.57. The van der Waals surface area contributed by atoms with Crippen LogP contribution >= 0.6 is 31.9 Å². The van der Waals surface area contributed by atoms with Crippen LogP contribution in [0, 0.1) is 11.8 Å². The minimum absolute atomic E-state index is 0.666. The molecule has 54 valence electrons. The molecule has 3 aliphatic carbocycles. The van der Waals surface area contributed by atoms with E-state index in [0.717, 1.165) is 0 Å². The lowest BCUT2D eigenvalue weighted by atomic mass is 9.82. The number of halogens is 2. The highest BCUT2D eigenvalue weighted by Crippen LogP contribution is 2.43. The Morgan fingerprint density at radius 3 is 1.60 bits per heavy atom. The first-order chi connectivity index (χ1) is 4.77. The van der Waals surface area contributed by atoms with E-state index >= 15 is 0 Å². The highest BCUT2D eigenvalue weighted by atomic mass is 79.9. The summed E-state index contributed by atoms with van der Waals surface area (Å²) in [6.07, 6.45) is 7.27. The van der Waals surface area contributed by atoms with Gasteiger partial charge in [0.1, 0.15) is 0 Å². The summed E-state index contributed by atoms with van der Waals surface area (Å²) >= 11 is 7.14. The second-order valence-electron chi connectivity index (χ2n) is 2.89. The Balaban J connectivity index is 2.36. The van der Waals surface area contributed by atoms with Crippen LogP contribution < -0.4 is 0 Å². The molecule has 0 fully saturated rings. The molecule has 3 rings (SSSR count). The topological polar surface area (TPSA) is 0 Å². The number of rotatable bonds is 0. The summed E-state index contributed by atoms with van der Waals surface area (Å²) in [7, 11) is 0. The first-order valence-electron chi connectivity index (χ1n) is 3.52. The number of hydrogen-bond donors (Lipinski definition) is 0. The van der Waals surface area contributed by atoms with Gasteiger partial charge in [0.05, 0.1) is 0 Å². The smallest absolute Gasteiger partial charge is 0.00926 e. The minimum atomic E-state index is 0.666. The Morgan fingerprint density at radius 1 is 1.00 bits per heavy atom. The van der Waals surface area contributed by atoms with Crippen molar-refractivity contribution in [1.29, 1.82) is 0 Å². The molecular weight excluding hydrogens is 256 g/mol. The highest BCUT2D eigenvalue weighted by molar-refractivity contribution is 9.12. The van der Waals surface area contributed by atoms with Crippen molar-refractivity contribution in [1.82, 2.24) is 0 Å². The summed E-state index contributed by atoms with van der Waals surface area (Å²) < 4.78 is 2.76. The van der Waals surface area contributed by atoms with E-state index in [1.165, 1.54) is 21.8 Å². The van der Waals surface area contributed by atoms with Crippen LogP contribution in [0.1, 0.15) is 12.8 Å². The van der Waals surface area contributed by atoms with E-state index < -0.39 is 0 Å². The Kier molecular flexibility index (Phi) is 1.77. The number of fused-ring (bicyclic) bond motifs is 1. The van der Waals surface area contributed by atoms with E-state index in [4.69, 9.17) is 0 Å². The molecule has 0 spiro atoms. The van der Waals surface area contributed by atoms with E-state index in [0.29, 0.717) is 11.8 Å². The Hall–Kier alpha value is 0.440. The fourth-order valence-electron chi connectivity index (χ4n) is 1.59. The predicted octanol–water partition coefficient (Wildman–Crippen LogP) is 3.58. The maximum absolute atomic E-state index is 3.57. The molecule has 0 aromatic carbocycles. The van der Waals surface area contributed by atoms with E-state index in [1.54, 1.807) is 0 Å². The summed E-state index contributed by atoms with van der Waals surface area (Å²) in [5, 5.41) is 0. The standard InChI is InChI=1S/C8H8Br2/c9-7-4-6-2-1-5(7)3-8(6)10/h3-6H,1-2H2. The first-order valence-corrected chi connectivity index (χ1v) is 5.10. The van der Waals surface area contributed by atoms with Gasteiger partial charge in [0, 0.05) is 11.8 Å². The summed E-state index contributed by atoms with van der Waals surface area (Å²) in [5.41, 5.74) is 0. The van der Waals surface area contributed by atoms with Crippen LogP contribution in [-0.2, 0) is 0 Å². The van der Waals surface area contributed by atoms with Crippen LogP contribution in [-0.4, -0.2) is 0 Å². The molecule has 2 unspecified atom stereocenters. The largest absolute Gasteiger partial charge is 0.0657 e. The Morgan fingerprint density at radius 2 is 1.40 bits per heavy atom. The summed E-state index contributed by atoms with van der Waals surface area (Å²) in [4.78, 5) is 0. The molecule has 0 aromatic heterocycles. The fraction of sp³-hybridized carbons (Fsp3) is 0.500. The van der Waals surface area contributed by atoms with Gasteiger partial charge in [0.25, 0.3) is 0 Å². The van der Waals surface area contributed by atoms with Crippen molar-refractivity contribution in [2.24, 2.45) is 11.8 Å². The molecular formula is C8H8Br2. The van der Waals surface area contributed by atoms with Crippen molar-refractivity contribution in [2.75, 3.05) is 0 Å². The molecule has 0 aliphatic heterocycles. The molecule has 10 heavy (non-hydrogen) atoms. The van der Waals surface area contributed by atoms with Gasteiger partial charge in [-0.25, -0.2) is 0 Å². The van der Waals surface area contributed by atoms with Crippen LogP contribution in [0.15, 0.2) is 21.1 Å². The molecule has 0 nitrogen and oxygen atoms in total. The molecule has 0 N–H and O–H groups in total. The van der Waals surface area contributed by atoms with Crippen molar-refractivity contribution >= 4 is 31.9 Å². The van der Waals surface area contributed by atoms with Gasteiger partial charge in [-0.2, -0.15) is 0 Å². The zero-order valence-corrected chi connectivity index (χ0v) is 8.65. The lowest BCUT2D eigenvalue weighted by Crippen LogP contribution is -2.16. The van der Waals surface area contributed by atoms with E-state index in [2.05, 4.69) is 44.0 Å². The van der Waals surface area contributed by atoms with Crippen molar-refractivity contribution < 1.29 is 0 Å².